The number of nitrogens with zero attached hydrogens (tertiary/aromatic N) is 4. The first-order valence-corrected chi connectivity index (χ1v) is 18.0. The van der Waals surface area contributed by atoms with Gasteiger partial charge in [-0.05, 0) is 100 Å². The average Bonchev–Trinajstić information content (AvgIpc) is 3.85. The van der Waals surface area contributed by atoms with E-state index in [1.807, 2.05) is 147 Å². The van der Waals surface area contributed by atoms with Crippen molar-refractivity contribution >= 4 is 35.0 Å². The van der Waals surface area contributed by atoms with Crippen molar-refractivity contribution in [3.63, 3.8) is 0 Å². The summed E-state index contributed by atoms with van der Waals surface area (Å²) in [6, 6.07) is 32.5. The predicted molar refractivity (Wildman–Crippen MR) is 204 cm³/mol. The van der Waals surface area contributed by atoms with Crippen LogP contribution < -0.4 is 10.6 Å². The fourth-order valence-corrected chi connectivity index (χ4v) is 7.46. The van der Waals surface area contributed by atoms with Crippen molar-refractivity contribution < 1.29 is 19.2 Å². The molecule has 2 saturated heterocycles. The van der Waals surface area contributed by atoms with Crippen LogP contribution in [-0.4, -0.2) is 96.6 Å². The molecule has 0 bridgehead atoms. The second-order valence-electron chi connectivity index (χ2n) is 14.1. The summed E-state index contributed by atoms with van der Waals surface area (Å²) in [5.41, 5.74) is 5.02. The number of amides is 4. The van der Waals surface area contributed by atoms with Gasteiger partial charge in [0.1, 0.15) is 24.2 Å². The van der Waals surface area contributed by atoms with Gasteiger partial charge < -0.3 is 20.4 Å². The third kappa shape index (κ3) is 8.09. The third-order valence-electron chi connectivity index (χ3n) is 10.0. The summed E-state index contributed by atoms with van der Waals surface area (Å²) in [6.07, 6.45) is 2.78. The van der Waals surface area contributed by atoms with E-state index in [9.17, 15) is 19.2 Å². The molecule has 4 aromatic rings. The Kier molecular flexibility index (Phi) is 11.5. The van der Waals surface area contributed by atoms with E-state index in [-0.39, 0.29) is 23.6 Å². The van der Waals surface area contributed by atoms with Crippen LogP contribution in [-0.2, 0) is 19.2 Å². The minimum absolute atomic E-state index is 0.0704. The summed E-state index contributed by atoms with van der Waals surface area (Å²) < 4.78 is 0. The first-order chi connectivity index (χ1) is 25.1. The van der Waals surface area contributed by atoms with Gasteiger partial charge in [-0.25, -0.2) is 0 Å². The van der Waals surface area contributed by atoms with Crippen LogP contribution >= 0.6 is 0 Å². The van der Waals surface area contributed by atoms with Gasteiger partial charge in [-0.3, -0.25) is 29.0 Å². The molecular formula is C42H48N6O4. The molecule has 2 N–H and O–H groups in total. The lowest BCUT2D eigenvalue weighted by Crippen LogP contribution is -2.47. The molecule has 2 heterocycles. The molecule has 2 aliphatic rings. The number of carbonyl (C=O) groups is 4. The SMILES string of the molecule is CN(C)[C@@H](C(=O)N1CCC[C@H]1C(=O)Nc1ccc(-c2ccc(NC(=O)[C@@H]3CCCN3C(=O)[C@@H](c3ccccc3)N(C)C)cc2)cc1)c1ccccc1. The van der Waals surface area contributed by atoms with Crippen LogP contribution in [0.2, 0.25) is 0 Å². The van der Waals surface area contributed by atoms with Gasteiger partial charge >= 0.3 is 0 Å². The number of likely N-dealkylation sites (N-methyl/N-ethyl adjacent to an activating group) is 2. The molecule has 0 saturated carbocycles. The number of carbonyl (C=O) groups excluding carboxylic acids is 4. The summed E-state index contributed by atoms with van der Waals surface area (Å²) in [6.45, 7) is 1.09. The second kappa shape index (κ2) is 16.4. The van der Waals surface area contributed by atoms with Crippen LogP contribution in [0.5, 0.6) is 0 Å². The van der Waals surface area contributed by atoms with E-state index in [1.54, 1.807) is 9.80 Å². The van der Waals surface area contributed by atoms with Gasteiger partial charge in [0.05, 0.1) is 0 Å². The van der Waals surface area contributed by atoms with E-state index >= 15 is 0 Å². The molecule has 6 rings (SSSR count). The molecule has 4 atom stereocenters. The lowest BCUT2D eigenvalue weighted by molar-refractivity contribution is -0.141. The highest BCUT2D eigenvalue weighted by atomic mass is 16.2. The molecule has 4 aromatic carbocycles. The van der Waals surface area contributed by atoms with E-state index in [0.29, 0.717) is 37.3 Å². The zero-order valence-corrected chi connectivity index (χ0v) is 30.4. The van der Waals surface area contributed by atoms with Gasteiger partial charge in [0.2, 0.25) is 23.6 Å². The number of likely N-dealkylation sites (tertiary alicyclic amines) is 2. The van der Waals surface area contributed by atoms with Crippen LogP contribution in [0.1, 0.15) is 48.9 Å². The van der Waals surface area contributed by atoms with E-state index in [2.05, 4.69) is 10.6 Å². The molecule has 2 aliphatic heterocycles. The highest BCUT2D eigenvalue weighted by Crippen LogP contribution is 2.30. The van der Waals surface area contributed by atoms with E-state index < -0.39 is 24.2 Å². The van der Waals surface area contributed by atoms with Crippen LogP contribution in [0.25, 0.3) is 11.1 Å². The fourth-order valence-electron chi connectivity index (χ4n) is 7.46. The highest BCUT2D eigenvalue weighted by molar-refractivity contribution is 5.99. The van der Waals surface area contributed by atoms with Gasteiger partial charge in [-0.15, -0.1) is 0 Å². The van der Waals surface area contributed by atoms with Crippen molar-refractivity contribution in [3.05, 3.63) is 120 Å². The molecule has 4 amide bonds. The van der Waals surface area contributed by atoms with Crippen molar-refractivity contribution in [1.29, 1.82) is 0 Å². The summed E-state index contributed by atoms with van der Waals surface area (Å²) >= 11 is 0. The number of benzene rings is 4. The fraction of sp³-hybridized carbons (Fsp3) is 0.333. The van der Waals surface area contributed by atoms with Gasteiger partial charge in [0, 0.05) is 24.5 Å². The van der Waals surface area contributed by atoms with E-state index in [4.69, 9.17) is 0 Å². The number of hydrogen-bond acceptors (Lipinski definition) is 6. The molecule has 52 heavy (non-hydrogen) atoms. The van der Waals surface area contributed by atoms with Crippen molar-refractivity contribution in [2.45, 2.75) is 49.9 Å². The molecule has 0 radical (unpaired) electrons. The number of anilines is 2. The Morgan fingerprint density at radius 2 is 0.885 bits per heavy atom. The quantitative estimate of drug-likeness (QED) is 0.205. The maximum absolute atomic E-state index is 13.7. The zero-order valence-electron chi connectivity index (χ0n) is 30.4. The van der Waals surface area contributed by atoms with Gasteiger partial charge in [0.15, 0.2) is 0 Å². The van der Waals surface area contributed by atoms with E-state index in [1.165, 1.54) is 0 Å². The topological polar surface area (TPSA) is 105 Å². The largest absolute Gasteiger partial charge is 0.329 e. The van der Waals surface area contributed by atoms with E-state index in [0.717, 1.165) is 35.1 Å². The molecule has 0 spiro atoms. The maximum Gasteiger partial charge on any atom is 0.247 e. The highest BCUT2D eigenvalue weighted by Gasteiger charge is 2.39. The van der Waals surface area contributed by atoms with Crippen molar-refractivity contribution in [2.75, 3.05) is 51.9 Å². The van der Waals surface area contributed by atoms with Gasteiger partial charge in [-0.2, -0.15) is 0 Å². The maximum atomic E-state index is 13.7. The number of rotatable bonds is 11. The molecule has 0 aromatic heterocycles. The van der Waals surface area contributed by atoms with Crippen LogP contribution in [0, 0.1) is 0 Å². The minimum Gasteiger partial charge on any atom is -0.329 e. The van der Waals surface area contributed by atoms with Crippen LogP contribution in [0.15, 0.2) is 109 Å². The standard InChI is InChI=1S/C42H48N6O4/c1-45(2)37(31-13-7-5-8-14-31)41(51)47-27-11-17-35(47)39(49)43-33-23-19-29(20-24-33)30-21-25-34(26-22-30)44-40(50)36-18-12-28-48(36)42(52)38(46(3)4)32-15-9-6-10-16-32/h5-10,13-16,19-26,35-38H,11-12,17-18,27-28H2,1-4H3,(H,43,49)(H,44,50)/t35-,36-,37+,38+/m0/s1. The Bertz CT molecular complexity index is 1710. The van der Waals surface area contributed by atoms with Crippen molar-refractivity contribution in [1.82, 2.24) is 19.6 Å². The molecule has 10 nitrogen and oxygen atoms in total. The Morgan fingerprint density at radius 1 is 0.538 bits per heavy atom. The molecule has 0 unspecified atom stereocenters. The molecular weight excluding hydrogens is 652 g/mol. The summed E-state index contributed by atoms with van der Waals surface area (Å²) in [7, 11) is 7.53. The average molecular weight is 701 g/mol. The summed E-state index contributed by atoms with van der Waals surface area (Å²) in [5, 5.41) is 6.04. The van der Waals surface area contributed by atoms with Gasteiger partial charge in [0.25, 0.3) is 0 Å². The van der Waals surface area contributed by atoms with Crippen LogP contribution in [0.4, 0.5) is 11.4 Å². The first-order valence-electron chi connectivity index (χ1n) is 18.0. The second-order valence-corrected chi connectivity index (χ2v) is 14.1. The molecule has 270 valence electrons. The lowest BCUT2D eigenvalue weighted by atomic mass is 10.0. The number of hydrogen-bond donors (Lipinski definition) is 2. The molecule has 10 heteroatoms. The summed E-state index contributed by atoms with van der Waals surface area (Å²) in [4.78, 5) is 61.5. The summed E-state index contributed by atoms with van der Waals surface area (Å²) in [5.74, 6) is -0.522. The minimum atomic E-state index is -0.534. The Labute approximate surface area is 306 Å². The van der Waals surface area contributed by atoms with Crippen LogP contribution in [0.3, 0.4) is 0 Å². The normalized spacial score (nSPS) is 18.3. The Balaban J connectivity index is 1.06. The first kappa shape index (κ1) is 36.5. The Hall–Kier alpha value is -5.32. The number of nitrogens with one attached hydrogen (secondary N) is 2. The Morgan fingerprint density at radius 3 is 1.21 bits per heavy atom. The van der Waals surface area contributed by atoms with Crippen molar-refractivity contribution in [3.8, 4) is 11.1 Å². The third-order valence-corrected chi connectivity index (χ3v) is 10.0. The van der Waals surface area contributed by atoms with Gasteiger partial charge in [-0.1, -0.05) is 84.9 Å². The smallest absolute Gasteiger partial charge is 0.247 e. The predicted octanol–water partition coefficient (Wildman–Crippen LogP) is 5.82. The lowest BCUT2D eigenvalue weighted by Gasteiger charge is -2.31. The molecule has 0 aliphatic carbocycles. The molecule has 2 fully saturated rings. The zero-order chi connectivity index (χ0) is 36.8. The monoisotopic (exact) mass is 700 g/mol. The van der Waals surface area contributed by atoms with Crippen molar-refractivity contribution in [2.24, 2.45) is 0 Å².